The standard InChI is InChI=1S/C6H11NO4/c1-2-3-7(6(10)11)4-5(8)9/h2-4H2,1H3,(H,8,9)(H,10,11). The Morgan fingerprint density at radius 2 is 1.91 bits per heavy atom. The van der Waals surface area contributed by atoms with Gasteiger partial charge in [-0.25, -0.2) is 4.79 Å². The van der Waals surface area contributed by atoms with Crippen LogP contribution in [0.4, 0.5) is 4.79 Å². The van der Waals surface area contributed by atoms with Crippen molar-refractivity contribution in [2.75, 3.05) is 13.1 Å². The second-order valence-electron chi connectivity index (χ2n) is 2.10. The molecule has 0 bridgehead atoms. The molecular weight excluding hydrogens is 150 g/mol. The molecule has 0 aliphatic rings. The summed E-state index contributed by atoms with van der Waals surface area (Å²) in [4.78, 5) is 21.2. The number of carboxylic acid groups (broad SMARTS) is 2. The van der Waals surface area contributed by atoms with E-state index in [0.29, 0.717) is 6.42 Å². The van der Waals surface area contributed by atoms with Gasteiger partial charge in [-0.2, -0.15) is 0 Å². The van der Waals surface area contributed by atoms with Crippen LogP contribution in [0.2, 0.25) is 0 Å². The lowest BCUT2D eigenvalue weighted by Gasteiger charge is -2.14. The van der Waals surface area contributed by atoms with Gasteiger partial charge in [0.25, 0.3) is 0 Å². The molecule has 2 N–H and O–H groups in total. The van der Waals surface area contributed by atoms with Crippen molar-refractivity contribution in [1.29, 1.82) is 0 Å². The smallest absolute Gasteiger partial charge is 0.407 e. The maximum Gasteiger partial charge on any atom is 0.407 e. The van der Waals surface area contributed by atoms with Crippen LogP contribution in [0.1, 0.15) is 13.3 Å². The van der Waals surface area contributed by atoms with Gasteiger partial charge in [-0.1, -0.05) is 6.92 Å². The van der Waals surface area contributed by atoms with Gasteiger partial charge in [0.15, 0.2) is 0 Å². The molecular formula is C6H11NO4. The third-order valence-corrected chi connectivity index (χ3v) is 1.09. The summed E-state index contributed by atoms with van der Waals surface area (Å²) in [6.45, 7) is 1.61. The average Bonchev–Trinajstić information content (AvgIpc) is 1.86. The van der Waals surface area contributed by atoms with Crippen LogP contribution in [0.15, 0.2) is 0 Å². The Balaban J connectivity index is 3.89. The Hall–Kier alpha value is -1.26. The highest BCUT2D eigenvalue weighted by Gasteiger charge is 2.13. The zero-order chi connectivity index (χ0) is 8.85. The summed E-state index contributed by atoms with van der Waals surface area (Å²) in [6, 6.07) is 0. The van der Waals surface area contributed by atoms with E-state index in [1.807, 2.05) is 0 Å². The van der Waals surface area contributed by atoms with Crippen molar-refractivity contribution >= 4 is 12.1 Å². The number of amides is 1. The number of aliphatic carboxylic acids is 1. The predicted octanol–water partition coefficient (Wildman–Crippen LogP) is 0.461. The van der Waals surface area contributed by atoms with E-state index in [4.69, 9.17) is 10.2 Å². The van der Waals surface area contributed by atoms with Crippen LogP contribution in [0.5, 0.6) is 0 Å². The van der Waals surface area contributed by atoms with Gasteiger partial charge < -0.3 is 10.2 Å². The number of nitrogens with zero attached hydrogens (tertiary/aromatic N) is 1. The lowest BCUT2D eigenvalue weighted by atomic mass is 10.4. The van der Waals surface area contributed by atoms with Crippen LogP contribution in [-0.4, -0.2) is 40.3 Å². The molecule has 0 aliphatic heterocycles. The largest absolute Gasteiger partial charge is 0.480 e. The van der Waals surface area contributed by atoms with Gasteiger partial charge in [-0.15, -0.1) is 0 Å². The highest BCUT2D eigenvalue weighted by atomic mass is 16.4. The van der Waals surface area contributed by atoms with E-state index in [2.05, 4.69) is 0 Å². The van der Waals surface area contributed by atoms with Crippen LogP contribution in [-0.2, 0) is 4.79 Å². The van der Waals surface area contributed by atoms with Gasteiger partial charge in [0.05, 0.1) is 0 Å². The Morgan fingerprint density at radius 1 is 1.36 bits per heavy atom. The summed E-state index contributed by atoms with van der Waals surface area (Å²) in [5.41, 5.74) is 0. The number of hydrogen-bond donors (Lipinski definition) is 2. The lowest BCUT2D eigenvalue weighted by Crippen LogP contribution is -2.34. The average molecular weight is 161 g/mol. The number of carboxylic acids is 1. The van der Waals surface area contributed by atoms with Crippen molar-refractivity contribution in [2.24, 2.45) is 0 Å². The Kier molecular flexibility index (Phi) is 4.02. The number of hydrogen-bond acceptors (Lipinski definition) is 2. The molecule has 0 rings (SSSR count). The Labute approximate surface area is 64.2 Å². The van der Waals surface area contributed by atoms with Gasteiger partial charge in [-0.05, 0) is 6.42 Å². The molecule has 0 aromatic carbocycles. The molecule has 1 amide bonds. The van der Waals surface area contributed by atoms with Gasteiger partial charge in [-0.3, -0.25) is 9.69 Å². The Bertz CT molecular complexity index is 157. The molecule has 0 spiro atoms. The molecule has 0 atom stereocenters. The minimum absolute atomic E-state index is 0.266. The first-order valence-corrected chi connectivity index (χ1v) is 3.27. The van der Waals surface area contributed by atoms with Crippen LogP contribution in [0.3, 0.4) is 0 Å². The molecule has 0 saturated carbocycles. The van der Waals surface area contributed by atoms with E-state index in [-0.39, 0.29) is 6.54 Å². The second kappa shape index (κ2) is 4.54. The number of rotatable bonds is 4. The first kappa shape index (κ1) is 9.74. The van der Waals surface area contributed by atoms with E-state index in [1.54, 1.807) is 6.92 Å². The minimum Gasteiger partial charge on any atom is -0.480 e. The fourth-order valence-corrected chi connectivity index (χ4v) is 0.676. The first-order valence-electron chi connectivity index (χ1n) is 3.27. The third-order valence-electron chi connectivity index (χ3n) is 1.09. The fourth-order valence-electron chi connectivity index (χ4n) is 0.676. The lowest BCUT2D eigenvalue weighted by molar-refractivity contribution is -0.137. The van der Waals surface area contributed by atoms with E-state index in [0.717, 1.165) is 4.90 Å². The highest BCUT2D eigenvalue weighted by Crippen LogP contribution is 1.91. The van der Waals surface area contributed by atoms with Gasteiger partial charge in [0, 0.05) is 6.54 Å². The quantitative estimate of drug-likeness (QED) is 0.627. The summed E-state index contributed by atoms with van der Waals surface area (Å²) in [7, 11) is 0. The molecule has 5 heteroatoms. The van der Waals surface area contributed by atoms with Gasteiger partial charge >= 0.3 is 12.1 Å². The minimum atomic E-state index is -1.19. The molecule has 0 fully saturated rings. The van der Waals surface area contributed by atoms with Crippen molar-refractivity contribution < 1.29 is 19.8 Å². The van der Waals surface area contributed by atoms with Crippen molar-refractivity contribution in [1.82, 2.24) is 4.90 Å². The molecule has 0 saturated heterocycles. The van der Waals surface area contributed by atoms with Crippen molar-refractivity contribution in [3.8, 4) is 0 Å². The zero-order valence-corrected chi connectivity index (χ0v) is 6.28. The molecule has 0 unspecified atom stereocenters. The van der Waals surface area contributed by atoms with E-state index < -0.39 is 18.6 Å². The monoisotopic (exact) mass is 161 g/mol. The van der Waals surface area contributed by atoms with Crippen LogP contribution < -0.4 is 0 Å². The van der Waals surface area contributed by atoms with Crippen LogP contribution in [0, 0.1) is 0 Å². The maximum absolute atomic E-state index is 10.3. The normalized spacial score (nSPS) is 9.18. The fraction of sp³-hybridized carbons (Fsp3) is 0.667. The Morgan fingerprint density at radius 3 is 2.18 bits per heavy atom. The topological polar surface area (TPSA) is 77.8 Å². The van der Waals surface area contributed by atoms with Crippen LogP contribution in [0.25, 0.3) is 0 Å². The SMILES string of the molecule is CCCN(CC(=O)O)C(=O)O. The first-order chi connectivity index (χ1) is 5.07. The van der Waals surface area contributed by atoms with Crippen molar-refractivity contribution in [3.05, 3.63) is 0 Å². The molecule has 5 nitrogen and oxygen atoms in total. The molecule has 11 heavy (non-hydrogen) atoms. The molecule has 64 valence electrons. The van der Waals surface area contributed by atoms with Crippen LogP contribution >= 0.6 is 0 Å². The summed E-state index contributed by atoms with van der Waals surface area (Å²) in [6.07, 6.45) is -0.561. The predicted molar refractivity (Wildman–Crippen MR) is 37.5 cm³/mol. The van der Waals surface area contributed by atoms with Gasteiger partial charge in [0.1, 0.15) is 6.54 Å². The summed E-state index contributed by atoms with van der Waals surface area (Å²) in [5.74, 6) is -1.12. The molecule has 0 aromatic heterocycles. The molecule has 0 aliphatic carbocycles. The van der Waals surface area contributed by atoms with E-state index in [1.165, 1.54) is 0 Å². The third kappa shape index (κ3) is 4.19. The maximum atomic E-state index is 10.3. The summed E-state index contributed by atoms with van der Waals surface area (Å²) < 4.78 is 0. The van der Waals surface area contributed by atoms with Gasteiger partial charge in [0.2, 0.25) is 0 Å². The summed E-state index contributed by atoms with van der Waals surface area (Å²) in [5, 5.41) is 16.7. The van der Waals surface area contributed by atoms with E-state index in [9.17, 15) is 9.59 Å². The molecule has 0 aromatic rings. The number of carbonyl (C=O) groups is 2. The molecule has 0 radical (unpaired) electrons. The van der Waals surface area contributed by atoms with E-state index >= 15 is 0 Å². The van der Waals surface area contributed by atoms with Crippen molar-refractivity contribution in [2.45, 2.75) is 13.3 Å². The summed E-state index contributed by atoms with van der Waals surface area (Å²) >= 11 is 0. The molecule has 0 heterocycles. The second-order valence-corrected chi connectivity index (χ2v) is 2.10. The van der Waals surface area contributed by atoms with Crippen molar-refractivity contribution in [3.63, 3.8) is 0 Å². The zero-order valence-electron chi connectivity index (χ0n) is 6.28. The highest BCUT2D eigenvalue weighted by molar-refractivity contribution is 5.75.